The first-order valence-corrected chi connectivity index (χ1v) is 4.23. The van der Waals surface area contributed by atoms with Crippen molar-refractivity contribution in [1.29, 1.82) is 0 Å². The van der Waals surface area contributed by atoms with Gasteiger partial charge in [0, 0.05) is 12.7 Å². The number of aliphatic hydroxyl groups excluding tert-OH is 1. The van der Waals surface area contributed by atoms with E-state index in [-0.39, 0.29) is 6.61 Å². The van der Waals surface area contributed by atoms with E-state index in [1.807, 2.05) is 0 Å². The molecule has 0 aliphatic carbocycles. The number of hydrogen-bond acceptors (Lipinski definition) is 3. The second kappa shape index (κ2) is 4.74. The van der Waals surface area contributed by atoms with Gasteiger partial charge in [-0.3, -0.25) is 4.79 Å². The number of aliphatic hydroxyl groups is 1. The summed E-state index contributed by atoms with van der Waals surface area (Å²) in [6, 6.07) is 6.81. The lowest BCUT2D eigenvalue weighted by Gasteiger charge is -2.15. The molecule has 14 heavy (non-hydrogen) atoms. The molecule has 0 aromatic heterocycles. The van der Waals surface area contributed by atoms with Gasteiger partial charge in [0.2, 0.25) is 5.91 Å². The number of methoxy groups -OCH3 is 1. The first kappa shape index (κ1) is 10.7. The highest BCUT2D eigenvalue weighted by Gasteiger charge is 2.15. The second-order valence-corrected chi connectivity index (χ2v) is 2.86. The molecular weight excluding hydrogens is 182 g/mol. The van der Waals surface area contributed by atoms with Crippen LogP contribution in [0.3, 0.4) is 0 Å². The lowest BCUT2D eigenvalue weighted by Crippen LogP contribution is -2.17. The van der Waals surface area contributed by atoms with Crippen molar-refractivity contribution in [3.05, 3.63) is 35.4 Å². The highest BCUT2D eigenvalue weighted by molar-refractivity contribution is 5.94. The third-order valence-corrected chi connectivity index (χ3v) is 2.02. The molecule has 1 atom stereocenters. The Morgan fingerprint density at radius 1 is 1.57 bits per heavy atom. The molecule has 0 aliphatic heterocycles. The summed E-state index contributed by atoms with van der Waals surface area (Å²) < 4.78 is 5.02. The Balaban J connectivity index is 3.11. The molecule has 1 aromatic carbocycles. The molecule has 0 bridgehead atoms. The van der Waals surface area contributed by atoms with E-state index in [9.17, 15) is 4.79 Å². The third kappa shape index (κ3) is 2.10. The summed E-state index contributed by atoms with van der Waals surface area (Å²) in [5, 5.41) is 9.01. The maximum atomic E-state index is 11.0. The summed E-state index contributed by atoms with van der Waals surface area (Å²) in [7, 11) is 1.47. The second-order valence-electron chi connectivity index (χ2n) is 2.86. The van der Waals surface area contributed by atoms with Crippen molar-refractivity contribution in [1.82, 2.24) is 0 Å². The van der Waals surface area contributed by atoms with Crippen LogP contribution in [0.15, 0.2) is 24.3 Å². The number of primary amides is 1. The van der Waals surface area contributed by atoms with Gasteiger partial charge in [0.1, 0.15) is 6.10 Å². The van der Waals surface area contributed by atoms with Crippen LogP contribution in [-0.2, 0) is 4.74 Å². The minimum atomic E-state index is -0.517. The van der Waals surface area contributed by atoms with Gasteiger partial charge in [-0.25, -0.2) is 0 Å². The van der Waals surface area contributed by atoms with E-state index in [0.717, 1.165) is 0 Å². The molecule has 1 amide bonds. The highest BCUT2D eigenvalue weighted by Crippen LogP contribution is 2.19. The Labute approximate surface area is 82.3 Å². The normalized spacial score (nSPS) is 12.4. The summed E-state index contributed by atoms with van der Waals surface area (Å²) in [5.74, 6) is -0.517. The van der Waals surface area contributed by atoms with Gasteiger partial charge in [-0.1, -0.05) is 18.2 Å². The zero-order chi connectivity index (χ0) is 10.6. The van der Waals surface area contributed by atoms with Crippen molar-refractivity contribution in [2.45, 2.75) is 6.10 Å². The van der Waals surface area contributed by atoms with Crippen molar-refractivity contribution in [2.75, 3.05) is 13.7 Å². The molecule has 0 heterocycles. The third-order valence-electron chi connectivity index (χ3n) is 2.02. The zero-order valence-corrected chi connectivity index (χ0v) is 7.93. The first-order chi connectivity index (χ1) is 6.70. The van der Waals surface area contributed by atoms with E-state index in [2.05, 4.69) is 0 Å². The van der Waals surface area contributed by atoms with Crippen molar-refractivity contribution in [3.8, 4) is 0 Å². The minimum absolute atomic E-state index is 0.180. The lowest BCUT2D eigenvalue weighted by atomic mass is 10.0. The van der Waals surface area contributed by atoms with Gasteiger partial charge in [0.25, 0.3) is 0 Å². The summed E-state index contributed by atoms with van der Waals surface area (Å²) in [6.45, 7) is -0.180. The van der Waals surface area contributed by atoms with Crippen LogP contribution in [0.2, 0.25) is 0 Å². The Morgan fingerprint density at radius 2 is 2.21 bits per heavy atom. The number of benzene rings is 1. The van der Waals surface area contributed by atoms with E-state index >= 15 is 0 Å². The summed E-state index contributed by atoms with van der Waals surface area (Å²) in [5.41, 5.74) is 6.18. The maximum absolute atomic E-state index is 11.0. The molecule has 4 heteroatoms. The van der Waals surface area contributed by atoms with Gasteiger partial charge < -0.3 is 15.6 Å². The molecule has 0 radical (unpaired) electrons. The number of carbonyl (C=O) groups is 1. The van der Waals surface area contributed by atoms with Crippen LogP contribution < -0.4 is 5.73 Å². The number of ether oxygens (including phenoxy) is 1. The van der Waals surface area contributed by atoms with Crippen molar-refractivity contribution < 1.29 is 14.6 Å². The van der Waals surface area contributed by atoms with Crippen LogP contribution in [0.1, 0.15) is 22.0 Å². The largest absolute Gasteiger partial charge is 0.393 e. The first-order valence-electron chi connectivity index (χ1n) is 4.23. The number of hydrogen-bond donors (Lipinski definition) is 2. The Kier molecular flexibility index (Phi) is 3.62. The van der Waals surface area contributed by atoms with Crippen LogP contribution in [0, 0.1) is 0 Å². The highest BCUT2D eigenvalue weighted by atomic mass is 16.5. The molecule has 0 fully saturated rings. The minimum Gasteiger partial charge on any atom is -0.393 e. The van der Waals surface area contributed by atoms with Crippen LogP contribution in [0.25, 0.3) is 0 Å². The molecule has 0 spiro atoms. The predicted octanol–water partition coefficient (Wildman–Crippen LogP) is 0.465. The average Bonchev–Trinajstić information content (AvgIpc) is 2.20. The number of carbonyl (C=O) groups excluding carboxylic acids is 1. The Bertz CT molecular complexity index is 321. The fourth-order valence-electron chi connectivity index (χ4n) is 1.30. The van der Waals surface area contributed by atoms with Gasteiger partial charge in [0.05, 0.1) is 6.61 Å². The monoisotopic (exact) mass is 195 g/mol. The maximum Gasteiger partial charge on any atom is 0.249 e. The molecule has 0 saturated heterocycles. The van der Waals surface area contributed by atoms with Gasteiger partial charge >= 0.3 is 0 Å². The van der Waals surface area contributed by atoms with Gasteiger partial charge in [-0.2, -0.15) is 0 Å². The lowest BCUT2D eigenvalue weighted by molar-refractivity contribution is 0.0476. The smallest absolute Gasteiger partial charge is 0.249 e. The van der Waals surface area contributed by atoms with Gasteiger partial charge in [0.15, 0.2) is 0 Å². The summed E-state index contributed by atoms with van der Waals surface area (Å²) in [4.78, 5) is 11.0. The summed E-state index contributed by atoms with van der Waals surface area (Å²) in [6.07, 6.45) is -0.501. The van der Waals surface area contributed by atoms with E-state index in [0.29, 0.717) is 11.1 Å². The SMILES string of the molecule is COC(CO)c1ccccc1C(N)=O. The van der Waals surface area contributed by atoms with Crippen LogP contribution in [0.5, 0.6) is 0 Å². The molecule has 1 unspecified atom stereocenters. The van der Waals surface area contributed by atoms with Crippen molar-refractivity contribution in [2.24, 2.45) is 5.73 Å². The predicted molar refractivity (Wildman–Crippen MR) is 51.8 cm³/mol. The average molecular weight is 195 g/mol. The molecule has 3 N–H and O–H groups in total. The van der Waals surface area contributed by atoms with Gasteiger partial charge in [-0.15, -0.1) is 0 Å². The molecule has 4 nitrogen and oxygen atoms in total. The number of rotatable bonds is 4. The van der Waals surface area contributed by atoms with Crippen LogP contribution in [-0.4, -0.2) is 24.7 Å². The number of nitrogens with two attached hydrogens (primary N) is 1. The fourth-order valence-corrected chi connectivity index (χ4v) is 1.30. The van der Waals surface area contributed by atoms with Crippen molar-refractivity contribution in [3.63, 3.8) is 0 Å². The quantitative estimate of drug-likeness (QED) is 0.733. The molecule has 1 rings (SSSR count). The van der Waals surface area contributed by atoms with Gasteiger partial charge in [-0.05, 0) is 11.6 Å². The van der Waals surface area contributed by atoms with Crippen LogP contribution >= 0.6 is 0 Å². The van der Waals surface area contributed by atoms with Crippen LogP contribution in [0.4, 0.5) is 0 Å². The fraction of sp³-hybridized carbons (Fsp3) is 0.300. The van der Waals surface area contributed by atoms with E-state index in [1.54, 1.807) is 24.3 Å². The molecule has 0 saturated carbocycles. The topological polar surface area (TPSA) is 72.6 Å². The Hall–Kier alpha value is -1.39. The summed E-state index contributed by atoms with van der Waals surface area (Å²) >= 11 is 0. The van der Waals surface area contributed by atoms with Crippen molar-refractivity contribution >= 4 is 5.91 Å². The number of amides is 1. The van der Waals surface area contributed by atoms with E-state index in [4.69, 9.17) is 15.6 Å². The molecule has 1 aromatic rings. The molecule has 0 aliphatic rings. The Morgan fingerprint density at radius 3 is 2.71 bits per heavy atom. The molecule has 76 valence electrons. The standard InChI is InChI=1S/C10H13NO3/c1-14-9(6-12)7-4-2-3-5-8(7)10(11)13/h2-5,9,12H,6H2,1H3,(H2,11,13). The van der Waals surface area contributed by atoms with E-state index < -0.39 is 12.0 Å². The van der Waals surface area contributed by atoms with E-state index in [1.165, 1.54) is 7.11 Å². The molecular formula is C10H13NO3. The zero-order valence-electron chi connectivity index (χ0n) is 7.93.